The highest BCUT2D eigenvalue weighted by Gasteiger charge is 2.28. The Balaban J connectivity index is 2.29. The van der Waals surface area contributed by atoms with Crippen molar-refractivity contribution in [3.05, 3.63) is 18.0 Å². The number of ether oxygens (including phenoxy) is 1. The van der Waals surface area contributed by atoms with Crippen LogP contribution in [0.3, 0.4) is 0 Å². The molecule has 0 aromatic carbocycles. The van der Waals surface area contributed by atoms with Crippen LogP contribution in [-0.4, -0.2) is 25.6 Å². The molecule has 0 unspecified atom stereocenters. The van der Waals surface area contributed by atoms with Crippen LogP contribution in [0.1, 0.15) is 49.6 Å². The van der Waals surface area contributed by atoms with Gasteiger partial charge in [-0.25, -0.2) is 13.2 Å². The van der Waals surface area contributed by atoms with Crippen LogP contribution in [0.25, 0.3) is 0 Å². The van der Waals surface area contributed by atoms with Gasteiger partial charge in [0.05, 0.1) is 6.61 Å². The fraction of sp³-hybridized carbons (Fsp3) is 0.615. The molecule has 2 rings (SSSR count). The number of halogens is 1. The summed E-state index contributed by atoms with van der Waals surface area (Å²) in [7, 11) is 1.51. The molecule has 1 heterocycles. The molecule has 0 atom stereocenters. The molecular formula is C13H18ClNO4S. The molecule has 0 N–H and O–H groups in total. The van der Waals surface area contributed by atoms with Gasteiger partial charge in [-0.2, -0.15) is 0 Å². The summed E-state index contributed by atoms with van der Waals surface area (Å²) in [5.74, 6) is -0.278. The van der Waals surface area contributed by atoms with Gasteiger partial charge < -0.3 is 9.30 Å². The van der Waals surface area contributed by atoms with E-state index in [1.807, 2.05) is 13.8 Å². The Kier molecular flexibility index (Phi) is 4.44. The summed E-state index contributed by atoms with van der Waals surface area (Å²) in [5, 5.41) is 0. The molecule has 0 aliphatic heterocycles. The first-order valence-corrected chi connectivity index (χ1v) is 8.93. The molecule has 1 aromatic heterocycles. The van der Waals surface area contributed by atoms with Crippen LogP contribution in [-0.2, 0) is 13.8 Å². The van der Waals surface area contributed by atoms with Crippen LogP contribution in [0, 0.1) is 5.92 Å². The van der Waals surface area contributed by atoms with Gasteiger partial charge in [0.25, 0.3) is 9.05 Å². The highest BCUT2D eigenvalue weighted by Crippen LogP contribution is 2.34. The minimum Gasteiger partial charge on any atom is -0.461 e. The number of esters is 1. The van der Waals surface area contributed by atoms with Crippen LogP contribution < -0.4 is 0 Å². The minimum atomic E-state index is -3.84. The van der Waals surface area contributed by atoms with Crippen molar-refractivity contribution in [2.45, 2.75) is 44.0 Å². The van der Waals surface area contributed by atoms with Gasteiger partial charge in [-0.1, -0.05) is 13.8 Å². The molecule has 1 aromatic rings. The molecule has 1 aliphatic carbocycles. The van der Waals surface area contributed by atoms with Gasteiger partial charge in [0.15, 0.2) is 0 Å². The average molecular weight is 320 g/mol. The van der Waals surface area contributed by atoms with Crippen molar-refractivity contribution >= 4 is 25.7 Å². The summed E-state index contributed by atoms with van der Waals surface area (Å²) in [4.78, 5) is 12.0. The van der Waals surface area contributed by atoms with E-state index in [2.05, 4.69) is 0 Å². The number of aromatic nitrogens is 1. The van der Waals surface area contributed by atoms with Gasteiger partial charge in [0, 0.05) is 22.9 Å². The first-order valence-electron chi connectivity index (χ1n) is 6.62. The molecule has 7 heteroatoms. The molecule has 0 bridgehead atoms. The monoisotopic (exact) mass is 319 g/mol. The normalized spacial score (nSPS) is 16.2. The maximum Gasteiger partial charge on any atom is 0.355 e. The molecule has 1 aliphatic rings. The third kappa shape index (κ3) is 3.35. The van der Waals surface area contributed by atoms with E-state index in [0.29, 0.717) is 6.61 Å². The largest absolute Gasteiger partial charge is 0.461 e. The van der Waals surface area contributed by atoms with Crippen molar-refractivity contribution in [1.82, 2.24) is 4.57 Å². The van der Waals surface area contributed by atoms with Crippen LogP contribution >= 0.6 is 10.7 Å². The number of nitrogens with zero attached hydrogens (tertiary/aromatic N) is 1. The predicted octanol–water partition coefficient (Wildman–Crippen LogP) is 2.95. The van der Waals surface area contributed by atoms with Gasteiger partial charge in [-0.3, -0.25) is 0 Å². The zero-order valence-electron chi connectivity index (χ0n) is 11.5. The average Bonchev–Trinajstić information content (AvgIpc) is 2.67. The Hall–Kier alpha value is -1.01. The number of carbonyl (C=O) groups is 1. The molecule has 5 nitrogen and oxygen atoms in total. The summed E-state index contributed by atoms with van der Waals surface area (Å²) in [5.41, 5.74) is 0.259. The Morgan fingerprint density at radius 2 is 2.15 bits per heavy atom. The number of rotatable bonds is 5. The molecule has 0 spiro atoms. The molecule has 0 radical (unpaired) electrons. The molecule has 20 heavy (non-hydrogen) atoms. The molecule has 0 saturated heterocycles. The summed E-state index contributed by atoms with van der Waals surface area (Å²) in [6.07, 6.45) is 4.37. The Morgan fingerprint density at radius 3 is 2.60 bits per heavy atom. The van der Waals surface area contributed by atoms with E-state index in [1.165, 1.54) is 12.3 Å². The Morgan fingerprint density at radius 1 is 1.50 bits per heavy atom. The number of carbonyl (C=O) groups excluding carboxylic acids is 1. The predicted molar refractivity (Wildman–Crippen MR) is 75.5 cm³/mol. The van der Waals surface area contributed by atoms with Crippen molar-refractivity contribution in [2.75, 3.05) is 6.61 Å². The second-order valence-corrected chi connectivity index (χ2v) is 8.05. The lowest BCUT2D eigenvalue weighted by Crippen LogP contribution is -2.22. The first-order chi connectivity index (χ1) is 9.29. The van der Waals surface area contributed by atoms with Gasteiger partial charge in [0.2, 0.25) is 0 Å². The van der Waals surface area contributed by atoms with Crippen molar-refractivity contribution in [3.63, 3.8) is 0 Å². The maximum atomic E-state index is 12.1. The van der Waals surface area contributed by atoms with E-state index in [0.717, 1.165) is 19.3 Å². The van der Waals surface area contributed by atoms with Crippen molar-refractivity contribution < 1.29 is 17.9 Å². The molecule has 0 amide bonds. The van der Waals surface area contributed by atoms with Gasteiger partial charge in [-0.05, 0) is 31.2 Å². The third-order valence-electron chi connectivity index (χ3n) is 3.33. The van der Waals surface area contributed by atoms with Crippen molar-refractivity contribution in [3.8, 4) is 0 Å². The third-order valence-corrected chi connectivity index (χ3v) is 4.65. The van der Waals surface area contributed by atoms with Gasteiger partial charge in [0.1, 0.15) is 10.6 Å². The summed E-state index contributed by atoms with van der Waals surface area (Å²) >= 11 is 0. The maximum absolute atomic E-state index is 12.1. The van der Waals surface area contributed by atoms with E-state index < -0.39 is 15.0 Å². The van der Waals surface area contributed by atoms with Gasteiger partial charge >= 0.3 is 5.97 Å². The number of hydrogen-bond donors (Lipinski definition) is 0. The first kappa shape index (κ1) is 15.4. The van der Waals surface area contributed by atoms with E-state index in [1.54, 1.807) is 4.57 Å². The summed E-state index contributed by atoms with van der Waals surface area (Å²) in [6, 6.07) is 1.45. The van der Waals surface area contributed by atoms with Gasteiger partial charge in [-0.15, -0.1) is 0 Å². The Bertz CT molecular complexity index is 602. The molecule has 1 fully saturated rings. The smallest absolute Gasteiger partial charge is 0.355 e. The molecule has 112 valence electrons. The van der Waals surface area contributed by atoms with Crippen molar-refractivity contribution in [2.24, 2.45) is 5.92 Å². The number of hydrogen-bond acceptors (Lipinski definition) is 4. The fourth-order valence-corrected chi connectivity index (χ4v) is 2.78. The van der Waals surface area contributed by atoms with E-state index in [9.17, 15) is 13.2 Å². The van der Waals surface area contributed by atoms with E-state index >= 15 is 0 Å². The second-order valence-electron chi connectivity index (χ2n) is 5.48. The lowest BCUT2D eigenvalue weighted by Gasteiger charge is -2.28. The van der Waals surface area contributed by atoms with Crippen molar-refractivity contribution in [1.29, 1.82) is 0 Å². The molecular weight excluding hydrogens is 302 g/mol. The highest BCUT2D eigenvalue weighted by molar-refractivity contribution is 8.13. The zero-order chi connectivity index (χ0) is 14.9. The Labute approximate surface area is 123 Å². The molecule has 1 saturated carbocycles. The lowest BCUT2D eigenvalue weighted by atomic mass is 9.93. The minimum absolute atomic E-state index is 0.0532. The van der Waals surface area contributed by atoms with Crippen LogP contribution in [0.15, 0.2) is 17.2 Å². The highest BCUT2D eigenvalue weighted by atomic mass is 35.7. The zero-order valence-corrected chi connectivity index (χ0v) is 13.1. The quantitative estimate of drug-likeness (QED) is 0.618. The standard InChI is InChI=1S/C13H18ClNO4S/c1-9(2)8-19-13(16)12-6-11(20(14,17)18)7-15(12)10-4-3-5-10/h6-7,9-10H,3-5,8H2,1-2H3. The van der Waals surface area contributed by atoms with Crippen LogP contribution in [0.5, 0.6) is 0 Å². The SMILES string of the molecule is CC(C)COC(=O)c1cc(S(=O)(=O)Cl)cn1C1CCC1. The lowest BCUT2D eigenvalue weighted by molar-refractivity contribution is 0.0440. The van der Waals surface area contributed by atoms with E-state index in [4.69, 9.17) is 15.4 Å². The van der Waals surface area contributed by atoms with E-state index in [-0.39, 0.29) is 22.5 Å². The summed E-state index contributed by atoms with van der Waals surface area (Å²) in [6.45, 7) is 4.18. The van der Waals surface area contributed by atoms with Crippen LogP contribution in [0.2, 0.25) is 0 Å². The fourth-order valence-electron chi connectivity index (χ4n) is 2.03. The topological polar surface area (TPSA) is 65.4 Å². The summed E-state index contributed by atoms with van der Waals surface area (Å²) < 4.78 is 29.7. The van der Waals surface area contributed by atoms with Crippen LogP contribution in [0.4, 0.5) is 0 Å². The second kappa shape index (κ2) is 5.77.